The van der Waals surface area contributed by atoms with Crippen molar-refractivity contribution in [2.75, 3.05) is 0 Å². The second-order valence-corrected chi connectivity index (χ2v) is 6.33. The summed E-state index contributed by atoms with van der Waals surface area (Å²) in [6, 6.07) is 6.91. The lowest BCUT2D eigenvalue weighted by molar-refractivity contribution is -0.155. The summed E-state index contributed by atoms with van der Waals surface area (Å²) in [6.45, 7) is 5.26. The van der Waals surface area contributed by atoms with Crippen molar-refractivity contribution in [1.29, 1.82) is 0 Å². The Labute approximate surface area is 152 Å². The predicted molar refractivity (Wildman–Crippen MR) is 95.8 cm³/mol. The molecule has 2 aromatic rings. The van der Waals surface area contributed by atoms with Gasteiger partial charge in [-0.2, -0.15) is 0 Å². The highest BCUT2D eigenvalue weighted by atomic mass is 16.6. The van der Waals surface area contributed by atoms with E-state index in [1.165, 1.54) is 36.8 Å². The van der Waals surface area contributed by atoms with E-state index in [0.29, 0.717) is 17.9 Å². The van der Waals surface area contributed by atoms with Gasteiger partial charge in [0.1, 0.15) is 23.2 Å². The first-order valence-electron chi connectivity index (χ1n) is 8.21. The number of furan rings is 2. The van der Waals surface area contributed by atoms with Gasteiger partial charge in [0.2, 0.25) is 0 Å². The summed E-state index contributed by atoms with van der Waals surface area (Å²) in [6.07, 6.45) is 8.61. The van der Waals surface area contributed by atoms with Gasteiger partial charge in [0, 0.05) is 18.6 Å². The second kappa shape index (κ2) is 8.89. The van der Waals surface area contributed by atoms with Crippen LogP contribution < -0.4 is 0 Å². The highest BCUT2D eigenvalue weighted by molar-refractivity contribution is 5.87. The van der Waals surface area contributed by atoms with Crippen LogP contribution in [-0.4, -0.2) is 23.6 Å². The van der Waals surface area contributed by atoms with Crippen LogP contribution in [0.15, 0.2) is 57.8 Å². The molecule has 6 heteroatoms. The third-order valence-corrected chi connectivity index (χ3v) is 3.33. The first-order chi connectivity index (χ1) is 12.3. The van der Waals surface area contributed by atoms with Gasteiger partial charge in [-0.25, -0.2) is 9.59 Å². The number of hydrogen-bond acceptors (Lipinski definition) is 6. The van der Waals surface area contributed by atoms with Gasteiger partial charge >= 0.3 is 11.9 Å². The fourth-order valence-electron chi connectivity index (χ4n) is 2.39. The minimum atomic E-state index is -0.797. The van der Waals surface area contributed by atoms with E-state index in [9.17, 15) is 9.59 Å². The number of hydrogen-bond donors (Lipinski definition) is 0. The molecule has 0 aliphatic heterocycles. The molecule has 2 aromatic heterocycles. The standard InChI is InChI=1S/C20H22O6/c1-15(25-18(21)10-8-16-6-4-12-23-16)14-20(2,3)26-19(22)11-9-17-7-5-13-24-17/h4-13,15H,14H2,1-3H3. The van der Waals surface area contributed by atoms with Gasteiger partial charge in [-0.15, -0.1) is 0 Å². The molecular formula is C20H22O6. The van der Waals surface area contributed by atoms with Crippen molar-refractivity contribution < 1.29 is 27.9 Å². The number of carbonyl (C=O) groups excluding carboxylic acids is 2. The van der Waals surface area contributed by atoms with Gasteiger partial charge in [0.05, 0.1) is 12.5 Å². The first-order valence-corrected chi connectivity index (χ1v) is 8.21. The van der Waals surface area contributed by atoms with Gasteiger partial charge in [-0.3, -0.25) is 0 Å². The zero-order valence-corrected chi connectivity index (χ0v) is 15.0. The molecule has 1 unspecified atom stereocenters. The topological polar surface area (TPSA) is 78.9 Å². The van der Waals surface area contributed by atoms with Crippen molar-refractivity contribution >= 4 is 24.1 Å². The number of carbonyl (C=O) groups is 2. The summed E-state index contributed by atoms with van der Waals surface area (Å²) in [4.78, 5) is 23.7. The molecule has 0 aliphatic carbocycles. The predicted octanol–water partition coefficient (Wildman–Crippen LogP) is 4.24. The Morgan fingerprint density at radius 1 is 1.04 bits per heavy atom. The van der Waals surface area contributed by atoms with Crippen LogP contribution in [0.25, 0.3) is 12.2 Å². The summed E-state index contributed by atoms with van der Waals surface area (Å²) in [5, 5.41) is 0. The summed E-state index contributed by atoms with van der Waals surface area (Å²) < 4.78 is 20.9. The van der Waals surface area contributed by atoms with E-state index in [1.807, 2.05) is 0 Å². The average Bonchev–Trinajstić information content (AvgIpc) is 3.23. The second-order valence-electron chi connectivity index (χ2n) is 6.33. The summed E-state index contributed by atoms with van der Waals surface area (Å²) >= 11 is 0. The largest absolute Gasteiger partial charge is 0.465 e. The molecule has 26 heavy (non-hydrogen) atoms. The number of ether oxygens (including phenoxy) is 2. The Morgan fingerprint density at radius 3 is 2.08 bits per heavy atom. The summed E-state index contributed by atoms with van der Waals surface area (Å²) in [5.74, 6) is 0.133. The molecule has 0 radical (unpaired) electrons. The fraction of sp³-hybridized carbons (Fsp3) is 0.300. The number of rotatable bonds is 8. The molecule has 0 N–H and O–H groups in total. The molecule has 138 valence electrons. The SMILES string of the molecule is CC(CC(C)(C)OC(=O)C=Cc1ccco1)OC(=O)C=Cc1ccco1. The average molecular weight is 358 g/mol. The van der Waals surface area contributed by atoms with E-state index < -0.39 is 23.6 Å². The van der Waals surface area contributed by atoms with Crippen LogP contribution in [0.4, 0.5) is 0 Å². The van der Waals surface area contributed by atoms with Crippen LogP contribution in [-0.2, 0) is 19.1 Å². The molecule has 0 saturated heterocycles. The van der Waals surface area contributed by atoms with Gasteiger partial charge in [0.15, 0.2) is 0 Å². The Morgan fingerprint density at radius 2 is 1.58 bits per heavy atom. The lowest BCUT2D eigenvalue weighted by atomic mass is 10.0. The number of esters is 2. The van der Waals surface area contributed by atoms with Crippen LogP contribution in [0.1, 0.15) is 38.7 Å². The highest BCUT2D eigenvalue weighted by Gasteiger charge is 2.26. The quantitative estimate of drug-likeness (QED) is 0.519. The van der Waals surface area contributed by atoms with E-state index in [0.717, 1.165) is 0 Å². The zero-order valence-electron chi connectivity index (χ0n) is 15.0. The van der Waals surface area contributed by atoms with Gasteiger partial charge in [-0.05, 0) is 57.2 Å². The van der Waals surface area contributed by atoms with Crippen molar-refractivity contribution in [3.63, 3.8) is 0 Å². The Bertz CT molecular complexity index is 750. The molecule has 0 aromatic carbocycles. The highest BCUT2D eigenvalue weighted by Crippen LogP contribution is 2.19. The molecule has 0 spiro atoms. The summed E-state index contributed by atoms with van der Waals surface area (Å²) in [7, 11) is 0. The molecule has 0 bridgehead atoms. The lowest BCUT2D eigenvalue weighted by Crippen LogP contribution is -2.32. The minimum Gasteiger partial charge on any atom is -0.465 e. The molecule has 2 rings (SSSR count). The molecule has 0 aliphatic rings. The molecule has 6 nitrogen and oxygen atoms in total. The maximum Gasteiger partial charge on any atom is 0.331 e. The van der Waals surface area contributed by atoms with Crippen molar-refractivity contribution in [3.8, 4) is 0 Å². The molecule has 2 heterocycles. The first kappa shape index (κ1) is 19.3. The van der Waals surface area contributed by atoms with Crippen LogP contribution in [0.5, 0.6) is 0 Å². The summed E-state index contributed by atoms with van der Waals surface area (Å²) in [5.41, 5.74) is -0.797. The molecule has 0 amide bonds. The van der Waals surface area contributed by atoms with E-state index in [2.05, 4.69) is 0 Å². The van der Waals surface area contributed by atoms with Crippen molar-refractivity contribution in [1.82, 2.24) is 0 Å². The van der Waals surface area contributed by atoms with Gasteiger partial charge < -0.3 is 18.3 Å². The van der Waals surface area contributed by atoms with Crippen LogP contribution >= 0.6 is 0 Å². The Balaban J connectivity index is 1.79. The monoisotopic (exact) mass is 358 g/mol. The third-order valence-electron chi connectivity index (χ3n) is 3.33. The van der Waals surface area contributed by atoms with E-state index in [1.54, 1.807) is 45.0 Å². The molecular weight excluding hydrogens is 336 g/mol. The van der Waals surface area contributed by atoms with Gasteiger partial charge in [0.25, 0.3) is 0 Å². The van der Waals surface area contributed by atoms with E-state index in [-0.39, 0.29) is 0 Å². The maximum atomic E-state index is 11.9. The fourth-order valence-corrected chi connectivity index (χ4v) is 2.39. The van der Waals surface area contributed by atoms with Crippen molar-refractivity contribution in [2.45, 2.75) is 38.9 Å². The normalized spacial score (nSPS) is 13.2. The Kier molecular flexibility index (Phi) is 6.60. The van der Waals surface area contributed by atoms with E-state index in [4.69, 9.17) is 18.3 Å². The third kappa shape index (κ3) is 6.84. The van der Waals surface area contributed by atoms with Crippen LogP contribution in [0.2, 0.25) is 0 Å². The van der Waals surface area contributed by atoms with E-state index >= 15 is 0 Å². The van der Waals surface area contributed by atoms with Crippen molar-refractivity contribution in [3.05, 3.63) is 60.5 Å². The van der Waals surface area contributed by atoms with Crippen LogP contribution in [0.3, 0.4) is 0 Å². The smallest absolute Gasteiger partial charge is 0.331 e. The molecule has 0 saturated carbocycles. The Hall–Kier alpha value is -3.02. The van der Waals surface area contributed by atoms with Crippen molar-refractivity contribution in [2.24, 2.45) is 0 Å². The van der Waals surface area contributed by atoms with Crippen LogP contribution in [0, 0.1) is 0 Å². The van der Waals surface area contributed by atoms with Gasteiger partial charge in [-0.1, -0.05) is 0 Å². The molecule has 1 atom stereocenters. The molecule has 0 fully saturated rings. The zero-order chi connectivity index (χ0) is 19.0. The minimum absolute atomic E-state index is 0.355. The lowest BCUT2D eigenvalue weighted by Gasteiger charge is -2.27. The maximum absolute atomic E-state index is 11.9.